The van der Waals surface area contributed by atoms with Crippen molar-refractivity contribution in [2.75, 3.05) is 6.54 Å². The standard InChI is InChI=1S/C14H21NO4S/c1-14(2,3)8-5-9-15-20(18,19)12-7-4-6-11(10-12)13(16)17/h4,6-7,10,15H,5,8-9H2,1-3H3,(H,16,17). The zero-order valence-corrected chi connectivity index (χ0v) is 12.8. The van der Waals surface area contributed by atoms with E-state index in [1.54, 1.807) is 0 Å². The Morgan fingerprint density at radius 2 is 1.95 bits per heavy atom. The summed E-state index contributed by atoms with van der Waals surface area (Å²) < 4.78 is 26.5. The van der Waals surface area contributed by atoms with Crippen molar-refractivity contribution < 1.29 is 18.3 Å². The lowest BCUT2D eigenvalue weighted by Crippen LogP contribution is -2.25. The monoisotopic (exact) mass is 299 g/mol. The lowest BCUT2D eigenvalue weighted by molar-refractivity contribution is 0.0696. The number of benzene rings is 1. The van der Waals surface area contributed by atoms with E-state index in [1.165, 1.54) is 18.2 Å². The topological polar surface area (TPSA) is 83.5 Å². The predicted molar refractivity (Wildman–Crippen MR) is 77.3 cm³/mol. The van der Waals surface area contributed by atoms with Crippen LogP contribution in [0, 0.1) is 5.41 Å². The first-order valence-corrected chi connectivity index (χ1v) is 7.93. The van der Waals surface area contributed by atoms with Gasteiger partial charge in [-0.2, -0.15) is 0 Å². The lowest BCUT2D eigenvalue weighted by Gasteiger charge is -2.17. The maximum absolute atomic E-state index is 12.0. The average molecular weight is 299 g/mol. The van der Waals surface area contributed by atoms with Gasteiger partial charge in [0.1, 0.15) is 0 Å². The summed E-state index contributed by atoms with van der Waals surface area (Å²) in [5.41, 5.74) is 0.122. The quantitative estimate of drug-likeness (QED) is 0.790. The second-order valence-corrected chi connectivity index (χ2v) is 7.66. The van der Waals surface area contributed by atoms with Crippen LogP contribution in [0.5, 0.6) is 0 Å². The molecule has 20 heavy (non-hydrogen) atoms. The number of aromatic carboxylic acids is 1. The fourth-order valence-electron chi connectivity index (χ4n) is 1.70. The zero-order chi connectivity index (χ0) is 15.4. The Morgan fingerprint density at radius 3 is 2.50 bits per heavy atom. The molecule has 0 bridgehead atoms. The van der Waals surface area contributed by atoms with Gasteiger partial charge in [-0.15, -0.1) is 0 Å². The van der Waals surface area contributed by atoms with Crippen molar-refractivity contribution in [2.24, 2.45) is 5.41 Å². The van der Waals surface area contributed by atoms with Crippen LogP contribution in [-0.4, -0.2) is 26.0 Å². The van der Waals surface area contributed by atoms with Crippen LogP contribution in [0.3, 0.4) is 0 Å². The zero-order valence-electron chi connectivity index (χ0n) is 12.0. The van der Waals surface area contributed by atoms with E-state index in [0.29, 0.717) is 6.54 Å². The van der Waals surface area contributed by atoms with Crippen LogP contribution in [0.25, 0.3) is 0 Å². The average Bonchev–Trinajstić information content (AvgIpc) is 2.34. The number of rotatable bonds is 6. The van der Waals surface area contributed by atoms with Crippen molar-refractivity contribution in [3.63, 3.8) is 0 Å². The number of carboxylic acids is 1. The molecule has 1 aromatic rings. The molecule has 2 N–H and O–H groups in total. The van der Waals surface area contributed by atoms with Crippen molar-refractivity contribution in [1.29, 1.82) is 0 Å². The van der Waals surface area contributed by atoms with E-state index in [-0.39, 0.29) is 15.9 Å². The first kappa shape index (κ1) is 16.7. The van der Waals surface area contributed by atoms with E-state index in [4.69, 9.17) is 5.11 Å². The number of sulfonamides is 1. The Kier molecular flexibility index (Phi) is 5.30. The van der Waals surface area contributed by atoms with Crippen LogP contribution in [-0.2, 0) is 10.0 Å². The lowest BCUT2D eigenvalue weighted by atomic mass is 9.91. The Labute approximate surface area is 120 Å². The van der Waals surface area contributed by atoms with Gasteiger partial charge in [0, 0.05) is 6.54 Å². The fourth-order valence-corrected chi connectivity index (χ4v) is 2.82. The van der Waals surface area contributed by atoms with E-state index >= 15 is 0 Å². The van der Waals surface area contributed by atoms with Gasteiger partial charge in [-0.1, -0.05) is 26.8 Å². The fraction of sp³-hybridized carbons (Fsp3) is 0.500. The normalized spacial score (nSPS) is 12.3. The molecule has 0 heterocycles. The largest absolute Gasteiger partial charge is 0.478 e. The molecule has 0 amide bonds. The van der Waals surface area contributed by atoms with Crippen LogP contribution in [0.15, 0.2) is 29.2 Å². The highest BCUT2D eigenvalue weighted by atomic mass is 32.2. The van der Waals surface area contributed by atoms with Gasteiger partial charge in [-0.25, -0.2) is 17.9 Å². The SMILES string of the molecule is CC(C)(C)CCCNS(=O)(=O)c1cccc(C(=O)O)c1. The van der Waals surface area contributed by atoms with Crippen molar-refractivity contribution in [3.8, 4) is 0 Å². The summed E-state index contributed by atoms with van der Waals surface area (Å²) >= 11 is 0. The van der Waals surface area contributed by atoms with Gasteiger partial charge in [0.2, 0.25) is 10.0 Å². The van der Waals surface area contributed by atoms with E-state index in [0.717, 1.165) is 18.9 Å². The first-order valence-electron chi connectivity index (χ1n) is 6.45. The first-order chi connectivity index (χ1) is 9.12. The summed E-state index contributed by atoms with van der Waals surface area (Å²) in [4.78, 5) is 10.8. The molecule has 0 spiro atoms. The molecule has 1 rings (SSSR count). The van der Waals surface area contributed by atoms with E-state index < -0.39 is 16.0 Å². The van der Waals surface area contributed by atoms with E-state index in [9.17, 15) is 13.2 Å². The molecule has 0 aliphatic rings. The van der Waals surface area contributed by atoms with Crippen LogP contribution >= 0.6 is 0 Å². The molecule has 0 saturated carbocycles. The highest BCUT2D eigenvalue weighted by molar-refractivity contribution is 7.89. The van der Waals surface area contributed by atoms with Gasteiger partial charge in [-0.05, 0) is 36.5 Å². The van der Waals surface area contributed by atoms with E-state index in [2.05, 4.69) is 25.5 Å². The predicted octanol–water partition coefficient (Wildman–Crippen LogP) is 2.49. The van der Waals surface area contributed by atoms with Crippen molar-refractivity contribution in [1.82, 2.24) is 4.72 Å². The number of carbonyl (C=O) groups is 1. The maximum Gasteiger partial charge on any atom is 0.335 e. The molecular formula is C14H21NO4S. The van der Waals surface area contributed by atoms with Crippen LogP contribution in [0.2, 0.25) is 0 Å². The molecule has 0 aromatic heterocycles. The Balaban J connectivity index is 2.70. The molecule has 0 saturated heterocycles. The third-order valence-electron chi connectivity index (χ3n) is 2.79. The summed E-state index contributed by atoms with van der Waals surface area (Å²) in [6, 6.07) is 5.33. The molecule has 112 valence electrons. The minimum atomic E-state index is -3.65. The molecule has 0 aliphatic carbocycles. The molecule has 0 atom stereocenters. The van der Waals surface area contributed by atoms with Gasteiger partial charge in [0.25, 0.3) is 0 Å². The van der Waals surface area contributed by atoms with Gasteiger partial charge in [0.05, 0.1) is 10.5 Å². The number of nitrogens with one attached hydrogen (secondary N) is 1. The molecule has 0 fully saturated rings. The Bertz CT molecular complexity index is 573. The van der Waals surface area contributed by atoms with Crippen LogP contribution < -0.4 is 4.72 Å². The van der Waals surface area contributed by atoms with Gasteiger partial charge < -0.3 is 5.11 Å². The molecule has 5 nitrogen and oxygen atoms in total. The Hall–Kier alpha value is -1.40. The van der Waals surface area contributed by atoms with Gasteiger partial charge in [0.15, 0.2) is 0 Å². The van der Waals surface area contributed by atoms with Gasteiger partial charge in [-0.3, -0.25) is 0 Å². The molecule has 6 heteroatoms. The van der Waals surface area contributed by atoms with Crippen molar-refractivity contribution in [2.45, 2.75) is 38.5 Å². The van der Waals surface area contributed by atoms with Crippen LogP contribution in [0.4, 0.5) is 0 Å². The minimum absolute atomic E-state index is 0.0202. The third-order valence-corrected chi connectivity index (χ3v) is 4.25. The second-order valence-electron chi connectivity index (χ2n) is 5.89. The Morgan fingerprint density at radius 1 is 1.30 bits per heavy atom. The molecule has 0 unspecified atom stereocenters. The second kappa shape index (κ2) is 6.37. The number of carboxylic acid groups (broad SMARTS) is 1. The third kappa shape index (κ3) is 5.30. The summed E-state index contributed by atoms with van der Waals surface area (Å²) in [7, 11) is -3.65. The summed E-state index contributed by atoms with van der Waals surface area (Å²) in [6.45, 7) is 6.63. The smallest absolute Gasteiger partial charge is 0.335 e. The maximum atomic E-state index is 12.0. The highest BCUT2D eigenvalue weighted by Gasteiger charge is 2.16. The van der Waals surface area contributed by atoms with Crippen molar-refractivity contribution in [3.05, 3.63) is 29.8 Å². The summed E-state index contributed by atoms with van der Waals surface area (Å²) in [6.07, 6.45) is 1.64. The molecule has 1 aromatic carbocycles. The highest BCUT2D eigenvalue weighted by Crippen LogP contribution is 2.20. The number of hydrogen-bond donors (Lipinski definition) is 2. The van der Waals surface area contributed by atoms with Crippen molar-refractivity contribution >= 4 is 16.0 Å². The van der Waals surface area contributed by atoms with E-state index in [1.807, 2.05) is 0 Å². The number of hydrogen-bond acceptors (Lipinski definition) is 3. The van der Waals surface area contributed by atoms with Gasteiger partial charge >= 0.3 is 5.97 Å². The summed E-state index contributed by atoms with van der Waals surface area (Å²) in [5, 5.41) is 8.86. The van der Waals surface area contributed by atoms with Crippen LogP contribution in [0.1, 0.15) is 44.0 Å². The summed E-state index contributed by atoms with van der Waals surface area (Å²) in [5.74, 6) is -1.14. The molecular weight excluding hydrogens is 278 g/mol. The minimum Gasteiger partial charge on any atom is -0.478 e. The molecule has 0 aliphatic heterocycles. The molecule has 0 radical (unpaired) electrons.